The lowest BCUT2D eigenvalue weighted by Gasteiger charge is -2.20. The molecule has 0 unspecified atom stereocenters. The van der Waals surface area contributed by atoms with Gasteiger partial charge in [0, 0.05) is 17.6 Å². The molecule has 0 N–H and O–H groups in total. The zero-order valence-electron chi connectivity index (χ0n) is 9.46. The molecule has 0 fully saturated rings. The Morgan fingerprint density at radius 1 is 1.44 bits per heavy atom. The van der Waals surface area contributed by atoms with Crippen LogP contribution in [0.25, 0.3) is 0 Å². The molecule has 0 atom stereocenters. The number of rotatable bonds is 4. The van der Waals surface area contributed by atoms with Gasteiger partial charge in [0.2, 0.25) is 0 Å². The second-order valence-electron chi connectivity index (χ2n) is 3.48. The SMILES string of the molecule is CCCN(CC)C(=O)c1c(F)cccc1Br. The van der Waals surface area contributed by atoms with Crippen molar-refractivity contribution in [1.82, 2.24) is 4.90 Å². The highest BCUT2D eigenvalue weighted by Gasteiger charge is 2.19. The Bertz CT molecular complexity index is 361. The molecule has 88 valence electrons. The Morgan fingerprint density at radius 3 is 2.62 bits per heavy atom. The van der Waals surface area contributed by atoms with Crippen LogP contribution in [0, 0.1) is 5.82 Å². The van der Waals surface area contributed by atoms with Crippen LogP contribution < -0.4 is 0 Å². The van der Waals surface area contributed by atoms with Crippen molar-refractivity contribution in [3.63, 3.8) is 0 Å². The molecule has 0 spiro atoms. The maximum absolute atomic E-state index is 13.6. The molecule has 2 nitrogen and oxygen atoms in total. The summed E-state index contributed by atoms with van der Waals surface area (Å²) in [6, 6.07) is 4.56. The third-order valence-electron chi connectivity index (χ3n) is 2.34. The summed E-state index contributed by atoms with van der Waals surface area (Å²) in [6.45, 7) is 5.12. The van der Waals surface area contributed by atoms with E-state index in [4.69, 9.17) is 0 Å². The van der Waals surface area contributed by atoms with Gasteiger partial charge in [-0.25, -0.2) is 4.39 Å². The first-order valence-corrected chi connectivity index (χ1v) is 6.14. The normalized spacial score (nSPS) is 10.2. The Kier molecular flexibility index (Phi) is 4.93. The lowest BCUT2D eigenvalue weighted by molar-refractivity contribution is 0.0759. The third-order valence-corrected chi connectivity index (χ3v) is 3.00. The van der Waals surface area contributed by atoms with Crippen molar-refractivity contribution in [2.24, 2.45) is 0 Å². The van der Waals surface area contributed by atoms with Crippen LogP contribution in [0.4, 0.5) is 4.39 Å². The highest BCUT2D eigenvalue weighted by Crippen LogP contribution is 2.21. The number of halogens is 2. The monoisotopic (exact) mass is 287 g/mol. The summed E-state index contributed by atoms with van der Waals surface area (Å²) in [7, 11) is 0. The average Bonchev–Trinajstić information content (AvgIpc) is 2.25. The minimum atomic E-state index is -0.478. The molecule has 0 saturated heterocycles. The van der Waals surface area contributed by atoms with Crippen LogP contribution in [0.3, 0.4) is 0 Å². The lowest BCUT2D eigenvalue weighted by Crippen LogP contribution is -2.32. The van der Waals surface area contributed by atoms with Crippen molar-refractivity contribution >= 4 is 21.8 Å². The van der Waals surface area contributed by atoms with Crippen molar-refractivity contribution < 1.29 is 9.18 Å². The summed E-state index contributed by atoms with van der Waals surface area (Å²) in [4.78, 5) is 13.7. The number of carbonyl (C=O) groups excluding carboxylic acids is 1. The van der Waals surface area contributed by atoms with Crippen LogP contribution in [0.2, 0.25) is 0 Å². The van der Waals surface area contributed by atoms with Crippen molar-refractivity contribution in [3.05, 3.63) is 34.1 Å². The van der Waals surface area contributed by atoms with E-state index in [9.17, 15) is 9.18 Å². The molecule has 0 bridgehead atoms. The maximum atomic E-state index is 13.6. The predicted octanol–water partition coefficient (Wildman–Crippen LogP) is 3.46. The molecule has 0 aliphatic carbocycles. The highest BCUT2D eigenvalue weighted by molar-refractivity contribution is 9.10. The van der Waals surface area contributed by atoms with E-state index in [0.29, 0.717) is 17.6 Å². The van der Waals surface area contributed by atoms with Gasteiger partial charge in [0.15, 0.2) is 0 Å². The van der Waals surface area contributed by atoms with Crippen LogP contribution in [0.15, 0.2) is 22.7 Å². The first kappa shape index (κ1) is 13.2. The topological polar surface area (TPSA) is 20.3 Å². The van der Waals surface area contributed by atoms with Gasteiger partial charge in [-0.15, -0.1) is 0 Å². The number of amides is 1. The fraction of sp³-hybridized carbons (Fsp3) is 0.417. The van der Waals surface area contributed by atoms with Crippen LogP contribution >= 0.6 is 15.9 Å². The Labute approximate surface area is 104 Å². The minimum absolute atomic E-state index is 0.123. The van der Waals surface area contributed by atoms with Crippen LogP contribution in [-0.4, -0.2) is 23.9 Å². The third kappa shape index (κ3) is 2.82. The molecule has 0 radical (unpaired) electrons. The molecule has 1 aromatic rings. The first-order chi connectivity index (χ1) is 7.61. The Morgan fingerprint density at radius 2 is 2.12 bits per heavy atom. The standard InChI is InChI=1S/C12H15BrFNO/c1-3-8-15(4-2)12(16)11-9(13)6-5-7-10(11)14/h5-7H,3-4,8H2,1-2H3. The van der Waals surface area contributed by atoms with Crippen molar-refractivity contribution in [2.75, 3.05) is 13.1 Å². The largest absolute Gasteiger partial charge is 0.339 e. The quantitative estimate of drug-likeness (QED) is 0.831. The average molecular weight is 288 g/mol. The molecular formula is C12H15BrFNO. The second-order valence-corrected chi connectivity index (χ2v) is 4.34. The fourth-order valence-electron chi connectivity index (χ4n) is 1.53. The van der Waals surface area contributed by atoms with E-state index >= 15 is 0 Å². The summed E-state index contributed by atoms with van der Waals surface area (Å²) in [5, 5.41) is 0. The van der Waals surface area contributed by atoms with Gasteiger partial charge in [-0.1, -0.05) is 13.0 Å². The van der Waals surface area contributed by atoms with Crippen molar-refractivity contribution in [1.29, 1.82) is 0 Å². The summed E-state index contributed by atoms with van der Waals surface area (Å²) in [6.07, 6.45) is 0.867. The second kappa shape index (κ2) is 5.99. The highest BCUT2D eigenvalue weighted by atomic mass is 79.9. The van der Waals surface area contributed by atoms with E-state index in [1.54, 1.807) is 17.0 Å². The van der Waals surface area contributed by atoms with Gasteiger partial charge in [0.05, 0.1) is 5.56 Å². The number of hydrogen-bond donors (Lipinski definition) is 0. The van der Waals surface area contributed by atoms with Gasteiger partial charge in [-0.2, -0.15) is 0 Å². The predicted molar refractivity (Wildman–Crippen MR) is 66.0 cm³/mol. The van der Waals surface area contributed by atoms with Crippen molar-refractivity contribution in [3.8, 4) is 0 Å². The lowest BCUT2D eigenvalue weighted by atomic mass is 10.2. The van der Waals surface area contributed by atoms with Gasteiger partial charge in [0.25, 0.3) is 5.91 Å². The number of nitrogens with zero attached hydrogens (tertiary/aromatic N) is 1. The maximum Gasteiger partial charge on any atom is 0.257 e. The van der Waals surface area contributed by atoms with Gasteiger partial charge < -0.3 is 4.90 Å². The number of hydrogen-bond acceptors (Lipinski definition) is 1. The summed E-state index contributed by atoms with van der Waals surface area (Å²) >= 11 is 3.21. The van der Waals surface area contributed by atoms with Crippen LogP contribution in [-0.2, 0) is 0 Å². The fourth-order valence-corrected chi connectivity index (χ4v) is 2.05. The summed E-state index contributed by atoms with van der Waals surface area (Å²) < 4.78 is 14.1. The molecule has 1 rings (SSSR count). The minimum Gasteiger partial charge on any atom is -0.339 e. The van der Waals surface area contributed by atoms with E-state index in [-0.39, 0.29) is 11.5 Å². The molecule has 0 heterocycles. The van der Waals surface area contributed by atoms with E-state index in [0.717, 1.165) is 6.42 Å². The first-order valence-electron chi connectivity index (χ1n) is 5.35. The van der Waals surface area contributed by atoms with Gasteiger partial charge in [0.1, 0.15) is 5.82 Å². The number of benzene rings is 1. The van der Waals surface area contributed by atoms with Gasteiger partial charge >= 0.3 is 0 Å². The van der Waals surface area contributed by atoms with Crippen LogP contribution in [0.1, 0.15) is 30.6 Å². The zero-order valence-corrected chi connectivity index (χ0v) is 11.1. The molecular weight excluding hydrogens is 273 g/mol. The molecule has 16 heavy (non-hydrogen) atoms. The molecule has 0 saturated carbocycles. The Balaban J connectivity index is 3.03. The van der Waals surface area contributed by atoms with Gasteiger partial charge in [-0.3, -0.25) is 4.79 Å². The molecule has 4 heteroatoms. The van der Waals surface area contributed by atoms with E-state index in [2.05, 4.69) is 15.9 Å². The van der Waals surface area contributed by atoms with Gasteiger partial charge in [-0.05, 0) is 41.4 Å². The zero-order chi connectivity index (χ0) is 12.1. The summed E-state index contributed by atoms with van der Waals surface area (Å²) in [5.74, 6) is -0.733. The van der Waals surface area contributed by atoms with E-state index in [1.807, 2.05) is 13.8 Å². The Hall–Kier alpha value is -0.900. The van der Waals surface area contributed by atoms with Crippen molar-refractivity contribution in [2.45, 2.75) is 20.3 Å². The summed E-state index contributed by atoms with van der Waals surface area (Å²) in [5.41, 5.74) is 0.123. The molecule has 0 aliphatic rings. The number of carbonyl (C=O) groups is 1. The molecule has 1 amide bonds. The smallest absolute Gasteiger partial charge is 0.257 e. The van der Waals surface area contributed by atoms with E-state index in [1.165, 1.54) is 6.07 Å². The molecule has 0 aliphatic heterocycles. The molecule has 0 aromatic heterocycles. The van der Waals surface area contributed by atoms with E-state index < -0.39 is 5.82 Å². The van der Waals surface area contributed by atoms with Crippen LogP contribution in [0.5, 0.6) is 0 Å². The molecule has 1 aromatic carbocycles.